The van der Waals surface area contributed by atoms with Crippen LogP contribution in [0.5, 0.6) is 5.75 Å². The summed E-state index contributed by atoms with van der Waals surface area (Å²) in [5.74, 6) is 0.727. The van der Waals surface area contributed by atoms with E-state index in [1.54, 1.807) is 25.3 Å². The molecule has 0 bridgehead atoms. The van der Waals surface area contributed by atoms with E-state index < -0.39 is 0 Å². The van der Waals surface area contributed by atoms with E-state index in [4.69, 9.17) is 4.52 Å². The molecule has 3 heterocycles. The van der Waals surface area contributed by atoms with Gasteiger partial charge in [0.2, 0.25) is 5.89 Å². The van der Waals surface area contributed by atoms with Crippen LogP contribution in [-0.2, 0) is 19.5 Å². The Bertz CT molecular complexity index is 970. The lowest BCUT2D eigenvalue weighted by atomic mass is 10.3. The highest BCUT2D eigenvalue weighted by atomic mass is 16.5. The molecule has 0 unspecified atom stereocenters. The fourth-order valence-electron chi connectivity index (χ4n) is 2.40. The molecule has 0 radical (unpaired) electrons. The van der Waals surface area contributed by atoms with E-state index in [1.165, 1.54) is 21.3 Å². The molecule has 3 aromatic rings. The molecule has 1 N–H and O–H groups in total. The maximum absolute atomic E-state index is 11.9. The van der Waals surface area contributed by atoms with Gasteiger partial charge in [0.1, 0.15) is 12.3 Å². The first kappa shape index (κ1) is 15.7. The van der Waals surface area contributed by atoms with Crippen molar-refractivity contribution in [3.8, 4) is 5.75 Å². The smallest absolute Gasteiger partial charge is 0.254 e. The van der Waals surface area contributed by atoms with Crippen LogP contribution in [0.2, 0.25) is 0 Å². The van der Waals surface area contributed by atoms with E-state index in [9.17, 15) is 14.7 Å². The minimum absolute atomic E-state index is 0.0519. The number of rotatable bonds is 5. The normalized spacial score (nSPS) is 10.9. The summed E-state index contributed by atoms with van der Waals surface area (Å²) in [4.78, 5) is 27.8. The van der Waals surface area contributed by atoms with Crippen molar-refractivity contribution in [2.75, 3.05) is 0 Å². The van der Waals surface area contributed by atoms with E-state index in [0.717, 1.165) is 6.07 Å². The van der Waals surface area contributed by atoms with Gasteiger partial charge in [-0.05, 0) is 19.1 Å². The maximum atomic E-state index is 11.9. The Kier molecular flexibility index (Phi) is 4.28. The van der Waals surface area contributed by atoms with Gasteiger partial charge in [-0.2, -0.15) is 4.98 Å². The number of aromatic nitrogens is 4. The number of hydrogen-bond acceptors (Lipinski definition) is 6. The van der Waals surface area contributed by atoms with Crippen molar-refractivity contribution in [3.05, 3.63) is 74.6 Å². The third kappa shape index (κ3) is 3.43. The van der Waals surface area contributed by atoms with Gasteiger partial charge >= 0.3 is 0 Å². The summed E-state index contributed by atoms with van der Waals surface area (Å²) >= 11 is 0. The second-order valence-corrected chi connectivity index (χ2v) is 5.37. The van der Waals surface area contributed by atoms with E-state index in [1.807, 2.05) is 0 Å². The van der Waals surface area contributed by atoms with Crippen LogP contribution in [0, 0.1) is 6.92 Å². The highest BCUT2D eigenvalue weighted by Gasteiger charge is 2.09. The predicted molar refractivity (Wildman–Crippen MR) is 84.9 cm³/mol. The molecule has 24 heavy (non-hydrogen) atoms. The Balaban J connectivity index is 1.70. The van der Waals surface area contributed by atoms with Crippen LogP contribution >= 0.6 is 0 Å². The van der Waals surface area contributed by atoms with Gasteiger partial charge in [0.25, 0.3) is 11.1 Å². The summed E-state index contributed by atoms with van der Waals surface area (Å²) in [5.41, 5.74) is 0.218. The van der Waals surface area contributed by atoms with Gasteiger partial charge in [-0.3, -0.25) is 9.59 Å². The number of aryl methyl sites for hydroxylation is 2. The van der Waals surface area contributed by atoms with Crippen molar-refractivity contribution in [2.45, 2.75) is 26.4 Å². The van der Waals surface area contributed by atoms with Crippen LogP contribution < -0.4 is 11.1 Å². The van der Waals surface area contributed by atoms with Crippen LogP contribution in [0.1, 0.15) is 17.4 Å². The second-order valence-electron chi connectivity index (χ2n) is 5.37. The maximum Gasteiger partial charge on any atom is 0.254 e. The molecule has 0 fully saturated rings. The first-order valence-electron chi connectivity index (χ1n) is 7.40. The van der Waals surface area contributed by atoms with E-state index in [0.29, 0.717) is 30.4 Å². The highest BCUT2D eigenvalue weighted by Crippen LogP contribution is 2.08. The van der Waals surface area contributed by atoms with Gasteiger partial charge in [-0.1, -0.05) is 11.2 Å². The van der Waals surface area contributed by atoms with Crippen molar-refractivity contribution >= 4 is 0 Å². The lowest BCUT2D eigenvalue weighted by Crippen LogP contribution is -2.22. The molecule has 8 heteroatoms. The number of aromatic hydroxyl groups is 1. The van der Waals surface area contributed by atoms with Gasteiger partial charge in [0, 0.05) is 37.0 Å². The molecule has 3 aromatic heterocycles. The third-order valence-corrected chi connectivity index (χ3v) is 3.59. The zero-order valence-electron chi connectivity index (χ0n) is 13.0. The van der Waals surface area contributed by atoms with Gasteiger partial charge in [0.05, 0.1) is 0 Å². The first-order valence-corrected chi connectivity index (χ1v) is 7.40. The van der Waals surface area contributed by atoms with E-state index >= 15 is 0 Å². The van der Waals surface area contributed by atoms with Crippen LogP contribution in [0.3, 0.4) is 0 Å². The SMILES string of the molecule is Cc1cc(O)cc(=O)n1CCc1noc(Cn2ccccc2=O)n1. The van der Waals surface area contributed by atoms with Crippen LogP contribution in [0.25, 0.3) is 0 Å². The summed E-state index contributed by atoms with van der Waals surface area (Å²) in [6.45, 7) is 2.31. The Morgan fingerprint density at radius 1 is 1.21 bits per heavy atom. The van der Waals surface area contributed by atoms with Crippen molar-refractivity contribution in [1.29, 1.82) is 0 Å². The molecule has 0 atom stereocenters. The van der Waals surface area contributed by atoms with Gasteiger partial charge in [-0.15, -0.1) is 0 Å². The molecule has 3 rings (SSSR count). The molecule has 0 spiro atoms. The zero-order valence-corrected chi connectivity index (χ0v) is 13.0. The zero-order chi connectivity index (χ0) is 17.1. The molecular weight excluding hydrogens is 312 g/mol. The number of pyridine rings is 2. The minimum Gasteiger partial charge on any atom is -0.508 e. The topological polar surface area (TPSA) is 103 Å². The second kappa shape index (κ2) is 6.53. The molecular formula is C16H16N4O4. The average Bonchev–Trinajstić information content (AvgIpc) is 2.96. The monoisotopic (exact) mass is 328 g/mol. The molecule has 0 aliphatic rings. The summed E-state index contributed by atoms with van der Waals surface area (Å²) in [6, 6.07) is 7.55. The molecule has 0 saturated heterocycles. The average molecular weight is 328 g/mol. The summed E-state index contributed by atoms with van der Waals surface area (Å²) in [6.07, 6.45) is 2.05. The first-order chi connectivity index (χ1) is 11.5. The summed E-state index contributed by atoms with van der Waals surface area (Å²) < 4.78 is 8.13. The molecule has 0 aliphatic carbocycles. The fraction of sp³-hybridized carbons (Fsp3) is 0.250. The molecule has 0 aromatic carbocycles. The van der Waals surface area contributed by atoms with Crippen LogP contribution in [0.15, 0.2) is 50.6 Å². The lowest BCUT2D eigenvalue weighted by molar-refractivity contribution is 0.364. The Morgan fingerprint density at radius 3 is 2.79 bits per heavy atom. The summed E-state index contributed by atoms with van der Waals surface area (Å²) in [7, 11) is 0. The van der Waals surface area contributed by atoms with Crippen molar-refractivity contribution in [2.24, 2.45) is 0 Å². The van der Waals surface area contributed by atoms with Crippen molar-refractivity contribution < 1.29 is 9.63 Å². The molecule has 124 valence electrons. The summed E-state index contributed by atoms with van der Waals surface area (Å²) in [5, 5.41) is 13.3. The Hall–Kier alpha value is -3.16. The Labute approximate surface area is 136 Å². The van der Waals surface area contributed by atoms with Crippen molar-refractivity contribution in [3.63, 3.8) is 0 Å². The molecule has 8 nitrogen and oxygen atoms in total. The number of hydrogen-bond donors (Lipinski definition) is 1. The van der Waals surface area contributed by atoms with Crippen LogP contribution in [-0.4, -0.2) is 24.4 Å². The molecule has 0 amide bonds. The van der Waals surface area contributed by atoms with Crippen molar-refractivity contribution in [1.82, 2.24) is 19.3 Å². The third-order valence-electron chi connectivity index (χ3n) is 3.59. The lowest BCUT2D eigenvalue weighted by Gasteiger charge is -2.08. The predicted octanol–water partition coefficient (Wildman–Crippen LogP) is 0.698. The quantitative estimate of drug-likeness (QED) is 0.739. The van der Waals surface area contributed by atoms with Gasteiger partial charge in [-0.25, -0.2) is 0 Å². The standard InChI is InChI=1S/C16H16N4O4/c1-11-8-12(21)9-16(23)20(11)7-5-13-17-14(24-18-13)10-19-6-3-2-4-15(19)22/h2-4,6,8-9,21H,5,7,10H2,1H3. The fourth-order valence-corrected chi connectivity index (χ4v) is 2.40. The van der Waals surface area contributed by atoms with Crippen LogP contribution in [0.4, 0.5) is 0 Å². The number of nitrogens with zero attached hydrogens (tertiary/aromatic N) is 4. The minimum atomic E-state index is -0.285. The molecule has 0 aliphatic heterocycles. The van der Waals surface area contributed by atoms with E-state index in [2.05, 4.69) is 10.1 Å². The van der Waals surface area contributed by atoms with Gasteiger partial charge in [0.15, 0.2) is 5.82 Å². The Morgan fingerprint density at radius 2 is 2.04 bits per heavy atom. The van der Waals surface area contributed by atoms with Gasteiger partial charge < -0.3 is 18.8 Å². The highest BCUT2D eigenvalue weighted by molar-refractivity contribution is 5.21. The largest absolute Gasteiger partial charge is 0.508 e. The van der Waals surface area contributed by atoms with E-state index in [-0.39, 0.29) is 23.4 Å². The molecule has 0 saturated carbocycles.